The van der Waals surface area contributed by atoms with E-state index in [4.69, 9.17) is 22.4 Å². The molecule has 0 saturated heterocycles. The zero-order chi connectivity index (χ0) is 16.4. The summed E-state index contributed by atoms with van der Waals surface area (Å²) in [4.78, 5) is 0. The smallest absolute Gasteiger partial charge is 0.302 e. The van der Waals surface area contributed by atoms with Gasteiger partial charge in [-0.15, -0.1) is 0 Å². The summed E-state index contributed by atoms with van der Waals surface area (Å²) in [6.45, 7) is 0. The van der Waals surface area contributed by atoms with Gasteiger partial charge < -0.3 is 22.4 Å². The summed E-state index contributed by atoms with van der Waals surface area (Å²) in [6, 6.07) is 15.5. The van der Waals surface area contributed by atoms with Crippen molar-refractivity contribution in [2.75, 3.05) is 0 Å². The molecule has 6 rings (SSSR count). The zero-order valence-electron chi connectivity index (χ0n) is 12.8. The van der Waals surface area contributed by atoms with E-state index < -0.39 is 0 Å². The molecule has 4 heterocycles. The molecule has 6 aromatic rings. The largest absolute Gasteiger partial charge is 0.449 e. The Labute approximate surface area is 140 Å². The monoisotopic (exact) mass is 330 g/mol. The molecule has 5 heteroatoms. The van der Waals surface area contributed by atoms with Gasteiger partial charge in [-0.1, -0.05) is 36.4 Å². The van der Waals surface area contributed by atoms with Crippen LogP contribution in [0, 0.1) is 0 Å². The number of para-hydroxylation sites is 2. The van der Waals surface area contributed by atoms with E-state index >= 15 is 0 Å². The average Bonchev–Trinajstić information content (AvgIpc) is 3.36. The van der Waals surface area contributed by atoms with Crippen LogP contribution in [0.5, 0.6) is 11.5 Å². The van der Waals surface area contributed by atoms with Crippen LogP contribution in [0.25, 0.3) is 44.3 Å². The van der Waals surface area contributed by atoms with E-state index in [0.29, 0.717) is 23.1 Å². The predicted octanol–water partition coefficient (Wildman–Crippen LogP) is 6.46. The van der Waals surface area contributed by atoms with Crippen LogP contribution in [0.1, 0.15) is 0 Å². The highest BCUT2D eigenvalue weighted by molar-refractivity contribution is 6.08. The van der Waals surface area contributed by atoms with Crippen LogP contribution in [0.15, 0.2) is 78.7 Å². The standard InChI is InChI=1S/C20H10O5/c1-3-7-13-11(5-1)17-15(9-21-19(17)24-13)23-16-10-22-20-18(16)12-6-2-4-8-14(12)25-20/h1-10H. The Hall–Kier alpha value is -3.60. The molecule has 0 radical (unpaired) electrons. The lowest BCUT2D eigenvalue weighted by molar-refractivity contribution is 0.446. The van der Waals surface area contributed by atoms with Crippen molar-refractivity contribution < 1.29 is 22.4 Å². The molecule has 0 saturated carbocycles. The highest BCUT2D eigenvalue weighted by atomic mass is 16.5. The van der Waals surface area contributed by atoms with Gasteiger partial charge in [0.1, 0.15) is 34.5 Å². The number of hydrogen-bond acceptors (Lipinski definition) is 5. The number of benzene rings is 2. The first-order valence-corrected chi connectivity index (χ1v) is 7.84. The normalized spacial score (nSPS) is 12.0. The van der Waals surface area contributed by atoms with Gasteiger partial charge in [0.05, 0.1) is 0 Å². The van der Waals surface area contributed by atoms with Crippen molar-refractivity contribution in [1.82, 2.24) is 0 Å². The second kappa shape index (κ2) is 4.48. The molecule has 0 atom stereocenters. The number of furan rings is 4. The molecular weight excluding hydrogens is 320 g/mol. The molecule has 2 aromatic carbocycles. The van der Waals surface area contributed by atoms with Crippen molar-refractivity contribution in [2.45, 2.75) is 0 Å². The van der Waals surface area contributed by atoms with E-state index in [9.17, 15) is 0 Å². The van der Waals surface area contributed by atoms with Gasteiger partial charge in [-0.05, 0) is 12.1 Å². The molecule has 0 unspecified atom stereocenters. The van der Waals surface area contributed by atoms with Crippen LogP contribution in [-0.4, -0.2) is 0 Å². The molecule has 120 valence electrons. The topological polar surface area (TPSA) is 61.8 Å². The molecule has 0 fully saturated rings. The van der Waals surface area contributed by atoms with Crippen LogP contribution in [0.4, 0.5) is 0 Å². The van der Waals surface area contributed by atoms with Crippen molar-refractivity contribution in [3.05, 3.63) is 61.1 Å². The quantitative estimate of drug-likeness (QED) is 0.364. The van der Waals surface area contributed by atoms with Crippen LogP contribution in [-0.2, 0) is 0 Å². The van der Waals surface area contributed by atoms with Crippen molar-refractivity contribution in [3.63, 3.8) is 0 Å². The van der Waals surface area contributed by atoms with E-state index in [-0.39, 0.29) is 0 Å². The molecule has 4 aromatic heterocycles. The summed E-state index contributed by atoms with van der Waals surface area (Å²) in [5.74, 6) is 2.03. The van der Waals surface area contributed by atoms with Gasteiger partial charge in [0.2, 0.25) is 0 Å². The van der Waals surface area contributed by atoms with Crippen LogP contribution >= 0.6 is 0 Å². The minimum Gasteiger partial charge on any atom is -0.449 e. The molecule has 25 heavy (non-hydrogen) atoms. The lowest BCUT2D eigenvalue weighted by Crippen LogP contribution is -1.80. The second-order valence-electron chi connectivity index (χ2n) is 5.82. The number of hydrogen-bond donors (Lipinski definition) is 0. The summed E-state index contributed by atoms with van der Waals surface area (Å²) in [7, 11) is 0. The first kappa shape index (κ1) is 12.8. The maximum Gasteiger partial charge on any atom is 0.302 e. The minimum atomic E-state index is 0.438. The Morgan fingerprint density at radius 2 is 1.08 bits per heavy atom. The third-order valence-electron chi connectivity index (χ3n) is 4.39. The lowest BCUT2D eigenvalue weighted by Gasteiger charge is -1.99. The summed E-state index contributed by atoms with van der Waals surface area (Å²) in [5, 5.41) is 3.49. The van der Waals surface area contributed by atoms with Crippen LogP contribution in [0.2, 0.25) is 0 Å². The van der Waals surface area contributed by atoms with E-state index in [1.165, 1.54) is 0 Å². The molecule has 0 spiro atoms. The van der Waals surface area contributed by atoms with E-state index in [1.54, 1.807) is 12.5 Å². The Morgan fingerprint density at radius 3 is 1.60 bits per heavy atom. The summed E-state index contributed by atoms with van der Waals surface area (Å²) >= 11 is 0. The fraction of sp³-hybridized carbons (Fsp3) is 0. The summed E-state index contributed by atoms with van der Waals surface area (Å²) in [5.41, 5.74) is 1.51. The third-order valence-corrected chi connectivity index (χ3v) is 4.39. The Morgan fingerprint density at radius 1 is 0.600 bits per heavy atom. The average molecular weight is 330 g/mol. The minimum absolute atomic E-state index is 0.438. The van der Waals surface area contributed by atoms with Gasteiger partial charge in [-0.2, -0.15) is 0 Å². The third kappa shape index (κ3) is 1.67. The SMILES string of the molecule is c1ccc2c(c1)oc1occ(Oc3coc4oc5ccccc5c34)c12. The summed E-state index contributed by atoms with van der Waals surface area (Å²) < 4.78 is 28.6. The van der Waals surface area contributed by atoms with Crippen LogP contribution in [0.3, 0.4) is 0 Å². The van der Waals surface area contributed by atoms with E-state index in [2.05, 4.69) is 0 Å². The Balaban J connectivity index is 1.58. The second-order valence-corrected chi connectivity index (χ2v) is 5.82. The number of rotatable bonds is 2. The molecule has 0 aliphatic heterocycles. The highest BCUT2D eigenvalue weighted by Gasteiger charge is 2.21. The van der Waals surface area contributed by atoms with Gasteiger partial charge >= 0.3 is 11.6 Å². The molecule has 0 N–H and O–H groups in total. The fourth-order valence-electron chi connectivity index (χ4n) is 3.28. The highest BCUT2D eigenvalue weighted by Crippen LogP contribution is 2.43. The Bertz CT molecular complexity index is 1270. The van der Waals surface area contributed by atoms with E-state index in [0.717, 1.165) is 32.7 Å². The molecular formula is C20H10O5. The fourth-order valence-corrected chi connectivity index (χ4v) is 3.28. The number of fused-ring (bicyclic) bond motifs is 6. The molecule has 0 bridgehead atoms. The van der Waals surface area contributed by atoms with Gasteiger partial charge in [0.25, 0.3) is 0 Å². The van der Waals surface area contributed by atoms with Crippen molar-refractivity contribution >= 4 is 44.3 Å². The first-order valence-electron chi connectivity index (χ1n) is 7.84. The maximum atomic E-state index is 6.11. The Kier molecular flexibility index (Phi) is 2.29. The molecule has 5 nitrogen and oxygen atoms in total. The lowest BCUT2D eigenvalue weighted by atomic mass is 10.2. The van der Waals surface area contributed by atoms with Gasteiger partial charge in [-0.25, -0.2) is 0 Å². The first-order chi connectivity index (χ1) is 12.4. The van der Waals surface area contributed by atoms with E-state index in [1.807, 2.05) is 48.5 Å². The molecule has 0 amide bonds. The van der Waals surface area contributed by atoms with Crippen molar-refractivity contribution in [3.8, 4) is 11.5 Å². The molecule has 0 aliphatic rings. The predicted molar refractivity (Wildman–Crippen MR) is 92.0 cm³/mol. The van der Waals surface area contributed by atoms with Gasteiger partial charge in [0, 0.05) is 10.8 Å². The number of ether oxygens (including phenoxy) is 1. The van der Waals surface area contributed by atoms with Crippen LogP contribution < -0.4 is 4.74 Å². The zero-order valence-corrected chi connectivity index (χ0v) is 12.8. The molecule has 0 aliphatic carbocycles. The van der Waals surface area contributed by atoms with Gasteiger partial charge in [0.15, 0.2) is 11.5 Å². The van der Waals surface area contributed by atoms with Crippen molar-refractivity contribution in [1.29, 1.82) is 0 Å². The maximum absolute atomic E-state index is 6.11. The van der Waals surface area contributed by atoms with Gasteiger partial charge in [-0.3, -0.25) is 0 Å². The summed E-state index contributed by atoms with van der Waals surface area (Å²) in [6.07, 6.45) is 3.09. The van der Waals surface area contributed by atoms with Crippen molar-refractivity contribution in [2.24, 2.45) is 0 Å².